The smallest absolute Gasteiger partial charge is 0.0406 e. The molecule has 2 aliphatic rings. The normalized spacial score (nSPS) is 16.5. The monoisotopic (exact) mass is 386 g/mol. The van der Waals surface area contributed by atoms with Crippen LogP contribution in [0.25, 0.3) is 0 Å². The van der Waals surface area contributed by atoms with Crippen LogP contribution in [0.1, 0.15) is 49.7 Å². The molecule has 2 heterocycles. The molecule has 0 aliphatic carbocycles. The number of anilines is 1. The molecule has 148 valence electrons. The van der Waals surface area contributed by atoms with Gasteiger partial charge in [-0.05, 0) is 83.3 Å². The van der Waals surface area contributed by atoms with Crippen molar-refractivity contribution >= 4 is 17.3 Å². The van der Waals surface area contributed by atoms with Crippen LogP contribution in [0, 0.1) is 13.8 Å². The average Bonchev–Trinajstić information content (AvgIpc) is 2.74. The average molecular weight is 387 g/mol. The maximum atomic E-state index is 5.61. The Kier molecular flexibility index (Phi) is 10.3. The Morgan fingerprint density at radius 1 is 0.667 bits per heavy atom. The first-order valence-corrected chi connectivity index (χ1v) is 10.8. The lowest BCUT2D eigenvalue weighted by atomic mass is 10.1. The highest BCUT2D eigenvalue weighted by molar-refractivity contribution is 6.30. The van der Waals surface area contributed by atoms with Gasteiger partial charge in [0.25, 0.3) is 0 Å². The number of aryl methyl sites for hydroxylation is 2. The fraction of sp³-hybridized carbons (Fsp3) is 0.500. The topological polar surface area (TPSA) is 15.3 Å². The first-order chi connectivity index (χ1) is 13.1. The van der Waals surface area contributed by atoms with E-state index in [0.29, 0.717) is 0 Å². The van der Waals surface area contributed by atoms with E-state index in [1.807, 2.05) is 31.2 Å². The van der Waals surface area contributed by atoms with Crippen LogP contribution < -0.4 is 10.2 Å². The highest BCUT2D eigenvalue weighted by Crippen LogP contribution is 2.19. The van der Waals surface area contributed by atoms with Crippen molar-refractivity contribution in [1.82, 2.24) is 5.32 Å². The Bertz CT molecular complexity index is 579. The molecule has 0 radical (unpaired) electrons. The molecule has 2 aromatic carbocycles. The van der Waals surface area contributed by atoms with Gasteiger partial charge in [-0.3, -0.25) is 0 Å². The van der Waals surface area contributed by atoms with E-state index in [4.69, 9.17) is 11.6 Å². The van der Waals surface area contributed by atoms with Crippen LogP contribution in [-0.4, -0.2) is 26.2 Å². The zero-order valence-electron chi connectivity index (χ0n) is 17.0. The van der Waals surface area contributed by atoms with Crippen LogP contribution in [-0.2, 0) is 0 Å². The number of piperidine rings is 2. The molecule has 4 rings (SSSR count). The predicted molar refractivity (Wildman–Crippen MR) is 120 cm³/mol. The molecule has 0 saturated carbocycles. The summed E-state index contributed by atoms with van der Waals surface area (Å²) in [7, 11) is 0. The molecule has 0 atom stereocenters. The van der Waals surface area contributed by atoms with Gasteiger partial charge in [-0.2, -0.15) is 0 Å². The van der Waals surface area contributed by atoms with Crippen molar-refractivity contribution in [1.29, 1.82) is 0 Å². The number of hydrogen-bond acceptors (Lipinski definition) is 2. The Hall–Kier alpha value is -1.51. The van der Waals surface area contributed by atoms with Crippen LogP contribution in [0.3, 0.4) is 0 Å². The van der Waals surface area contributed by atoms with Crippen LogP contribution >= 0.6 is 11.6 Å². The first-order valence-electron chi connectivity index (χ1n) is 10.4. The van der Waals surface area contributed by atoms with Crippen molar-refractivity contribution < 1.29 is 0 Å². The van der Waals surface area contributed by atoms with Crippen molar-refractivity contribution in [2.45, 2.75) is 52.4 Å². The molecule has 0 aromatic heterocycles. The maximum Gasteiger partial charge on any atom is 0.0406 e. The second-order valence-electron chi connectivity index (χ2n) is 7.49. The molecule has 0 unspecified atom stereocenters. The molecule has 2 fully saturated rings. The van der Waals surface area contributed by atoms with Gasteiger partial charge in [0.2, 0.25) is 0 Å². The van der Waals surface area contributed by atoms with Gasteiger partial charge in [0.05, 0.1) is 0 Å². The molecular formula is C24H35ClN2. The lowest BCUT2D eigenvalue weighted by Crippen LogP contribution is -2.29. The van der Waals surface area contributed by atoms with Crippen LogP contribution in [0.4, 0.5) is 5.69 Å². The van der Waals surface area contributed by atoms with Gasteiger partial charge in [-0.1, -0.05) is 53.4 Å². The highest BCUT2D eigenvalue weighted by Gasteiger charge is 2.09. The fourth-order valence-corrected chi connectivity index (χ4v) is 3.37. The third-order valence-electron chi connectivity index (χ3n) is 4.97. The largest absolute Gasteiger partial charge is 0.372 e. The van der Waals surface area contributed by atoms with Crippen molar-refractivity contribution in [2.75, 3.05) is 31.1 Å². The van der Waals surface area contributed by atoms with E-state index in [1.165, 1.54) is 81.5 Å². The van der Waals surface area contributed by atoms with Crippen molar-refractivity contribution in [2.24, 2.45) is 0 Å². The SMILES string of the molecule is C1CCNCC1.Cc1ccc(Cl)cc1.Cc1ccc(N2CCCCC2)cc1. The summed E-state index contributed by atoms with van der Waals surface area (Å²) in [4.78, 5) is 2.49. The maximum absolute atomic E-state index is 5.61. The van der Waals surface area contributed by atoms with Gasteiger partial charge in [-0.25, -0.2) is 0 Å². The molecule has 1 N–H and O–H groups in total. The molecule has 2 saturated heterocycles. The lowest BCUT2D eigenvalue weighted by molar-refractivity contribution is 0.520. The van der Waals surface area contributed by atoms with E-state index < -0.39 is 0 Å². The lowest BCUT2D eigenvalue weighted by Gasteiger charge is -2.28. The minimum Gasteiger partial charge on any atom is -0.372 e. The Labute approximate surface area is 170 Å². The molecule has 3 heteroatoms. The summed E-state index contributed by atoms with van der Waals surface area (Å²) in [6.45, 7) is 9.16. The van der Waals surface area contributed by atoms with Gasteiger partial charge < -0.3 is 10.2 Å². The highest BCUT2D eigenvalue weighted by atomic mass is 35.5. The Morgan fingerprint density at radius 3 is 1.56 bits per heavy atom. The van der Waals surface area contributed by atoms with E-state index in [9.17, 15) is 0 Å². The van der Waals surface area contributed by atoms with Crippen LogP contribution in [0.15, 0.2) is 48.5 Å². The zero-order valence-corrected chi connectivity index (χ0v) is 17.8. The van der Waals surface area contributed by atoms with Crippen LogP contribution in [0.5, 0.6) is 0 Å². The Balaban J connectivity index is 0.000000159. The van der Waals surface area contributed by atoms with Crippen molar-refractivity contribution in [3.63, 3.8) is 0 Å². The summed E-state index contributed by atoms with van der Waals surface area (Å²) in [6, 6.07) is 16.6. The van der Waals surface area contributed by atoms with E-state index >= 15 is 0 Å². The van der Waals surface area contributed by atoms with Gasteiger partial charge in [-0.15, -0.1) is 0 Å². The Morgan fingerprint density at radius 2 is 1.15 bits per heavy atom. The molecule has 2 aromatic rings. The number of nitrogens with one attached hydrogen (secondary N) is 1. The number of nitrogens with zero attached hydrogens (tertiary/aromatic N) is 1. The summed E-state index contributed by atoms with van der Waals surface area (Å²) in [5.41, 5.74) is 3.99. The summed E-state index contributed by atoms with van der Waals surface area (Å²) in [6.07, 6.45) is 8.33. The minimum atomic E-state index is 0.801. The van der Waals surface area contributed by atoms with E-state index in [-0.39, 0.29) is 0 Å². The molecule has 2 nitrogen and oxygen atoms in total. The molecule has 0 spiro atoms. The van der Waals surface area contributed by atoms with E-state index in [0.717, 1.165) is 5.02 Å². The molecule has 0 bridgehead atoms. The standard InChI is InChI=1S/C12H17N.C7H7Cl.C5H11N/c1-11-5-7-12(8-6-11)13-9-3-2-4-10-13;1-6-2-4-7(8)5-3-6;1-2-4-6-5-3-1/h5-8H,2-4,9-10H2,1H3;2-5H,1H3;6H,1-5H2. The van der Waals surface area contributed by atoms with Gasteiger partial charge >= 0.3 is 0 Å². The summed E-state index contributed by atoms with van der Waals surface area (Å²) in [5, 5.41) is 4.09. The van der Waals surface area contributed by atoms with Crippen molar-refractivity contribution in [3.8, 4) is 0 Å². The first kappa shape index (κ1) is 21.8. The number of benzene rings is 2. The molecule has 0 amide bonds. The number of halogens is 1. The number of hydrogen-bond donors (Lipinski definition) is 1. The molecular weight excluding hydrogens is 352 g/mol. The number of rotatable bonds is 1. The van der Waals surface area contributed by atoms with Crippen molar-refractivity contribution in [3.05, 3.63) is 64.7 Å². The predicted octanol–water partition coefficient (Wildman–Crippen LogP) is 6.39. The quantitative estimate of drug-likeness (QED) is 0.610. The molecule has 2 aliphatic heterocycles. The second-order valence-corrected chi connectivity index (χ2v) is 7.93. The minimum absolute atomic E-state index is 0.801. The zero-order chi connectivity index (χ0) is 19.3. The van der Waals surface area contributed by atoms with E-state index in [2.05, 4.69) is 41.4 Å². The summed E-state index contributed by atoms with van der Waals surface area (Å²) >= 11 is 5.61. The molecule has 27 heavy (non-hydrogen) atoms. The second kappa shape index (κ2) is 12.8. The van der Waals surface area contributed by atoms with E-state index in [1.54, 1.807) is 0 Å². The summed E-state index contributed by atoms with van der Waals surface area (Å²) in [5.74, 6) is 0. The van der Waals surface area contributed by atoms with Gasteiger partial charge in [0, 0.05) is 23.8 Å². The third kappa shape index (κ3) is 9.30. The van der Waals surface area contributed by atoms with Gasteiger partial charge in [0.1, 0.15) is 0 Å². The van der Waals surface area contributed by atoms with Crippen LogP contribution in [0.2, 0.25) is 5.02 Å². The fourth-order valence-electron chi connectivity index (χ4n) is 3.24. The third-order valence-corrected chi connectivity index (χ3v) is 5.23. The summed E-state index contributed by atoms with van der Waals surface area (Å²) < 4.78 is 0. The van der Waals surface area contributed by atoms with Gasteiger partial charge in [0.15, 0.2) is 0 Å².